The number of nitrogens with one attached hydrogen (secondary N) is 2. The molecule has 1 aliphatic rings. The Morgan fingerprint density at radius 3 is 2.85 bits per heavy atom. The fraction of sp³-hybridized carbons (Fsp3) is 0.450. The van der Waals surface area contributed by atoms with Gasteiger partial charge in [0.1, 0.15) is 0 Å². The number of nitrogens with two attached hydrogens (primary N) is 1. The Balaban J connectivity index is 1.82. The lowest BCUT2D eigenvalue weighted by Gasteiger charge is -2.28. The van der Waals surface area contributed by atoms with Gasteiger partial charge in [-0.25, -0.2) is 0 Å². The molecular weight excluding hydrogens is 364 g/mol. The zero-order valence-electron chi connectivity index (χ0n) is 15.4. The zero-order valence-corrected chi connectivity index (χ0v) is 16.1. The van der Waals surface area contributed by atoms with Gasteiger partial charge in [-0.1, -0.05) is 49.9 Å². The van der Waals surface area contributed by atoms with Gasteiger partial charge in [0.05, 0.1) is 29.9 Å². The van der Waals surface area contributed by atoms with E-state index in [4.69, 9.17) is 17.3 Å². The molecule has 1 fully saturated rings. The molecule has 6 nitrogen and oxygen atoms in total. The first-order valence-corrected chi connectivity index (χ1v) is 9.71. The fourth-order valence-corrected chi connectivity index (χ4v) is 4.12. The molecule has 144 valence electrons. The van der Waals surface area contributed by atoms with Gasteiger partial charge in [0, 0.05) is 10.9 Å². The molecule has 2 amide bonds. The molecule has 1 aromatic carbocycles. The van der Waals surface area contributed by atoms with Gasteiger partial charge in [0.25, 0.3) is 5.91 Å². The van der Waals surface area contributed by atoms with Crippen molar-refractivity contribution in [1.29, 1.82) is 0 Å². The van der Waals surface area contributed by atoms with E-state index in [0.717, 1.165) is 30.5 Å². The maximum Gasteiger partial charge on any atom is 0.255 e. The van der Waals surface area contributed by atoms with Crippen LogP contribution in [-0.2, 0) is 4.79 Å². The first kappa shape index (κ1) is 19.4. The van der Waals surface area contributed by atoms with Crippen molar-refractivity contribution in [3.8, 4) is 0 Å². The summed E-state index contributed by atoms with van der Waals surface area (Å²) in [6, 6.07) is 6.53. The standard InChI is InChI=1S/C20H25ClN4O2/c1-12-5-2-3-8-15(12)19-16(11-23-25-19)20(27)24-17(10-18(22)26)13-6-4-7-14(21)9-13/h4,6-7,9,11-12,15,17H,2-3,5,8,10H2,1H3,(H2,22,26)(H,23,25)(H,24,27)/t12-,15-,17-/m0/s1. The second-order valence-corrected chi connectivity index (χ2v) is 7.75. The fourth-order valence-electron chi connectivity index (χ4n) is 3.92. The molecule has 2 aromatic rings. The first-order chi connectivity index (χ1) is 13.0. The van der Waals surface area contributed by atoms with Gasteiger partial charge >= 0.3 is 0 Å². The molecule has 0 bridgehead atoms. The van der Waals surface area contributed by atoms with Crippen LogP contribution in [0.25, 0.3) is 0 Å². The van der Waals surface area contributed by atoms with Crippen LogP contribution in [0.1, 0.15) is 72.6 Å². The summed E-state index contributed by atoms with van der Waals surface area (Å²) in [5, 5.41) is 10.6. The van der Waals surface area contributed by atoms with E-state index in [1.807, 2.05) is 6.07 Å². The van der Waals surface area contributed by atoms with Crippen LogP contribution in [0.5, 0.6) is 0 Å². The minimum absolute atomic E-state index is 0.000895. The number of benzene rings is 1. The van der Waals surface area contributed by atoms with Crippen molar-refractivity contribution in [2.75, 3.05) is 0 Å². The number of halogens is 1. The molecule has 0 saturated heterocycles. The third-order valence-corrected chi connectivity index (χ3v) is 5.59. The number of amides is 2. The highest BCUT2D eigenvalue weighted by molar-refractivity contribution is 6.30. The summed E-state index contributed by atoms with van der Waals surface area (Å²) in [5.74, 6) is 0.0409. The maximum atomic E-state index is 13.0. The van der Waals surface area contributed by atoms with E-state index in [9.17, 15) is 9.59 Å². The third-order valence-electron chi connectivity index (χ3n) is 5.36. The van der Waals surface area contributed by atoms with Crippen molar-refractivity contribution in [2.45, 2.75) is 51.0 Å². The Morgan fingerprint density at radius 2 is 2.15 bits per heavy atom. The number of carbonyl (C=O) groups excluding carboxylic acids is 2. The minimum Gasteiger partial charge on any atom is -0.370 e. The monoisotopic (exact) mass is 388 g/mol. The maximum absolute atomic E-state index is 13.0. The number of nitrogens with zero attached hydrogens (tertiary/aromatic N) is 1. The van der Waals surface area contributed by atoms with Gasteiger partial charge in [0.2, 0.25) is 5.91 Å². The number of hydrogen-bond donors (Lipinski definition) is 3. The van der Waals surface area contributed by atoms with Crippen molar-refractivity contribution in [1.82, 2.24) is 15.5 Å². The lowest BCUT2D eigenvalue weighted by molar-refractivity contribution is -0.118. The Morgan fingerprint density at radius 1 is 1.37 bits per heavy atom. The number of aromatic nitrogens is 2. The molecule has 0 unspecified atom stereocenters. The molecule has 1 saturated carbocycles. The number of carbonyl (C=O) groups is 2. The quantitative estimate of drug-likeness (QED) is 0.703. The van der Waals surface area contributed by atoms with E-state index in [0.29, 0.717) is 22.4 Å². The van der Waals surface area contributed by atoms with Crippen LogP contribution < -0.4 is 11.1 Å². The van der Waals surface area contributed by atoms with Crippen LogP contribution in [0.3, 0.4) is 0 Å². The topological polar surface area (TPSA) is 101 Å². The zero-order chi connectivity index (χ0) is 19.4. The Hall–Kier alpha value is -2.34. The summed E-state index contributed by atoms with van der Waals surface area (Å²) in [5.41, 5.74) is 7.54. The van der Waals surface area contributed by atoms with E-state index in [1.165, 1.54) is 6.42 Å². The van der Waals surface area contributed by atoms with Crippen LogP contribution in [0, 0.1) is 5.92 Å². The van der Waals surface area contributed by atoms with Crippen molar-refractivity contribution in [2.24, 2.45) is 11.7 Å². The van der Waals surface area contributed by atoms with Crippen molar-refractivity contribution >= 4 is 23.4 Å². The summed E-state index contributed by atoms with van der Waals surface area (Å²) in [6.45, 7) is 2.22. The van der Waals surface area contributed by atoms with Crippen molar-refractivity contribution in [3.05, 3.63) is 52.3 Å². The molecule has 7 heteroatoms. The van der Waals surface area contributed by atoms with E-state index in [2.05, 4.69) is 22.4 Å². The van der Waals surface area contributed by atoms with Gasteiger partial charge in [-0.3, -0.25) is 14.7 Å². The molecule has 3 atom stereocenters. The summed E-state index contributed by atoms with van der Waals surface area (Å²) >= 11 is 6.06. The SMILES string of the molecule is C[C@H]1CCCC[C@@H]1c1[nH]ncc1C(=O)N[C@@H](CC(N)=O)c1cccc(Cl)c1. The van der Waals surface area contributed by atoms with Crippen molar-refractivity contribution < 1.29 is 9.59 Å². The minimum atomic E-state index is -0.541. The number of aromatic amines is 1. The van der Waals surface area contributed by atoms with Gasteiger partial charge in [-0.2, -0.15) is 5.10 Å². The number of hydrogen-bond acceptors (Lipinski definition) is 3. The second-order valence-electron chi connectivity index (χ2n) is 7.32. The molecule has 0 radical (unpaired) electrons. The smallest absolute Gasteiger partial charge is 0.255 e. The van der Waals surface area contributed by atoms with Crippen LogP contribution in [0.15, 0.2) is 30.5 Å². The van der Waals surface area contributed by atoms with Crippen LogP contribution in [0.2, 0.25) is 5.02 Å². The summed E-state index contributed by atoms with van der Waals surface area (Å²) < 4.78 is 0. The Kier molecular flexibility index (Phi) is 6.16. The molecule has 0 spiro atoms. The van der Waals surface area contributed by atoms with Crippen LogP contribution in [0.4, 0.5) is 0 Å². The average molecular weight is 389 g/mol. The predicted octanol–water partition coefficient (Wildman–Crippen LogP) is 3.70. The van der Waals surface area contributed by atoms with Crippen LogP contribution in [-0.4, -0.2) is 22.0 Å². The molecular formula is C20H25ClN4O2. The first-order valence-electron chi connectivity index (χ1n) is 9.33. The highest BCUT2D eigenvalue weighted by Gasteiger charge is 2.29. The number of rotatable bonds is 6. The highest BCUT2D eigenvalue weighted by Crippen LogP contribution is 2.38. The van der Waals surface area contributed by atoms with Gasteiger partial charge in [-0.05, 0) is 30.0 Å². The molecule has 3 rings (SSSR count). The largest absolute Gasteiger partial charge is 0.370 e. The molecule has 4 N–H and O–H groups in total. The highest BCUT2D eigenvalue weighted by atomic mass is 35.5. The van der Waals surface area contributed by atoms with E-state index < -0.39 is 11.9 Å². The van der Waals surface area contributed by atoms with Crippen molar-refractivity contribution in [3.63, 3.8) is 0 Å². The molecule has 27 heavy (non-hydrogen) atoms. The second kappa shape index (κ2) is 8.57. The molecule has 0 aliphatic heterocycles. The van der Waals surface area contributed by atoms with Gasteiger partial charge < -0.3 is 11.1 Å². The van der Waals surface area contributed by atoms with Gasteiger partial charge in [0.15, 0.2) is 0 Å². The molecule has 1 aliphatic carbocycles. The van der Waals surface area contributed by atoms with E-state index in [-0.39, 0.29) is 12.3 Å². The Labute approximate surface area is 163 Å². The van der Waals surface area contributed by atoms with Gasteiger partial charge in [-0.15, -0.1) is 0 Å². The lowest BCUT2D eigenvalue weighted by atomic mass is 9.77. The molecule has 1 aromatic heterocycles. The Bertz CT molecular complexity index is 820. The predicted molar refractivity (Wildman–Crippen MR) is 104 cm³/mol. The molecule has 1 heterocycles. The number of primary amides is 1. The van der Waals surface area contributed by atoms with E-state index >= 15 is 0 Å². The summed E-state index contributed by atoms with van der Waals surface area (Å²) in [7, 11) is 0. The van der Waals surface area contributed by atoms with Crippen LogP contribution >= 0.6 is 11.6 Å². The third kappa shape index (κ3) is 4.69. The summed E-state index contributed by atoms with van der Waals surface area (Å²) in [4.78, 5) is 24.5. The number of H-pyrrole nitrogens is 1. The summed E-state index contributed by atoms with van der Waals surface area (Å²) in [6.07, 6.45) is 6.13. The lowest BCUT2D eigenvalue weighted by Crippen LogP contribution is -2.32. The average Bonchev–Trinajstić information content (AvgIpc) is 3.11. The van der Waals surface area contributed by atoms with E-state index in [1.54, 1.807) is 24.4 Å². The normalized spacial score (nSPS) is 20.8.